The van der Waals surface area contributed by atoms with E-state index in [2.05, 4.69) is 19.3 Å². The SMILES string of the molecule is CCCC(OCC)C(CC)NN. The van der Waals surface area contributed by atoms with Gasteiger partial charge in [0, 0.05) is 12.6 Å². The molecule has 0 amide bonds. The topological polar surface area (TPSA) is 47.3 Å². The van der Waals surface area contributed by atoms with E-state index in [0.717, 1.165) is 25.9 Å². The van der Waals surface area contributed by atoms with Gasteiger partial charge in [0.1, 0.15) is 0 Å². The molecule has 3 heteroatoms. The molecule has 0 aromatic rings. The molecule has 0 heterocycles. The van der Waals surface area contributed by atoms with E-state index in [-0.39, 0.29) is 6.10 Å². The summed E-state index contributed by atoms with van der Waals surface area (Å²) >= 11 is 0. The van der Waals surface area contributed by atoms with E-state index >= 15 is 0 Å². The molecular weight excluding hydrogens is 152 g/mol. The summed E-state index contributed by atoms with van der Waals surface area (Å²) in [5.74, 6) is 5.41. The highest BCUT2D eigenvalue weighted by molar-refractivity contribution is 4.72. The van der Waals surface area contributed by atoms with Crippen molar-refractivity contribution in [2.45, 2.75) is 52.2 Å². The summed E-state index contributed by atoms with van der Waals surface area (Å²) < 4.78 is 5.58. The van der Waals surface area contributed by atoms with Gasteiger partial charge in [0.05, 0.1) is 6.10 Å². The highest BCUT2D eigenvalue weighted by atomic mass is 16.5. The third kappa shape index (κ3) is 4.04. The average Bonchev–Trinajstić information content (AvgIpc) is 2.07. The predicted molar refractivity (Wildman–Crippen MR) is 51.7 cm³/mol. The van der Waals surface area contributed by atoms with Crippen molar-refractivity contribution in [3.8, 4) is 0 Å². The Bertz CT molecular complexity index is 88.5. The van der Waals surface area contributed by atoms with E-state index < -0.39 is 0 Å². The minimum absolute atomic E-state index is 0.273. The van der Waals surface area contributed by atoms with Crippen LogP contribution in [0.1, 0.15) is 40.0 Å². The minimum Gasteiger partial charge on any atom is -0.377 e. The van der Waals surface area contributed by atoms with E-state index in [4.69, 9.17) is 10.6 Å². The van der Waals surface area contributed by atoms with Gasteiger partial charge in [0.15, 0.2) is 0 Å². The molecule has 0 aromatic carbocycles. The van der Waals surface area contributed by atoms with Crippen molar-refractivity contribution >= 4 is 0 Å². The zero-order valence-corrected chi connectivity index (χ0v) is 8.47. The second-order valence-corrected chi connectivity index (χ2v) is 2.96. The molecule has 0 radical (unpaired) electrons. The Labute approximate surface area is 75.6 Å². The van der Waals surface area contributed by atoms with E-state index in [9.17, 15) is 0 Å². The first-order valence-electron chi connectivity index (χ1n) is 4.87. The zero-order chi connectivity index (χ0) is 9.40. The van der Waals surface area contributed by atoms with Gasteiger partial charge < -0.3 is 4.74 Å². The van der Waals surface area contributed by atoms with Crippen molar-refractivity contribution in [3.05, 3.63) is 0 Å². The van der Waals surface area contributed by atoms with Crippen LogP contribution in [-0.2, 0) is 4.74 Å². The lowest BCUT2D eigenvalue weighted by atomic mass is 10.0. The largest absolute Gasteiger partial charge is 0.377 e. The number of rotatable bonds is 7. The van der Waals surface area contributed by atoms with Gasteiger partial charge in [-0.15, -0.1) is 0 Å². The van der Waals surface area contributed by atoms with Crippen molar-refractivity contribution in [2.24, 2.45) is 5.84 Å². The molecule has 0 saturated carbocycles. The predicted octanol–water partition coefficient (Wildman–Crippen LogP) is 1.43. The summed E-state index contributed by atoms with van der Waals surface area (Å²) in [5, 5.41) is 0. The molecule has 0 aromatic heterocycles. The van der Waals surface area contributed by atoms with Crippen molar-refractivity contribution in [2.75, 3.05) is 6.61 Å². The molecule has 0 rings (SSSR count). The van der Waals surface area contributed by atoms with Crippen LogP contribution in [0.25, 0.3) is 0 Å². The first kappa shape index (κ1) is 11.9. The van der Waals surface area contributed by atoms with Crippen molar-refractivity contribution in [1.82, 2.24) is 5.43 Å². The number of nitrogens with two attached hydrogens (primary N) is 1. The summed E-state index contributed by atoms with van der Waals surface area (Å²) in [6.07, 6.45) is 3.51. The van der Waals surface area contributed by atoms with Crippen molar-refractivity contribution < 1.29 is 4.74 Å². The second-order valence-electron chi connectivity index (χ2n) is 2.96. The molecule has 2 unspecified atom stereocenters. The van der Waals surface area contributed by atoms with Crippen LogP contribution in [0.15, 0.2) is 0 Å². The van der Waals surface area contributed by atoms with Gasteiger partial charge in [-0.1, -0.05) is 20.3 Å². The first-order valence-corrected chi connectivity index (χ1v) is 4.87. The molecule has 2 atom stereocenters. The van der Waals surface area contributed by atoms with Crippen LogP contribution in [0.5, 0.6) is 0 Å². The summed E-state index contributed by atoms with van der Waals surface area (Å²) in [6, 6.07) is 0.296. The standard InChI is InChI=1S/C9H22N2O/c1-4-7-9(12-6-3)8(5-2)11-10/h8-9,11H,4-7,10H2,1-3H3. The van der Waals surface area contributed by atoms with Gasteiger partial charge in [-0.3, -0.25) is 11.3 Å². The van der Waals surface area contributed by atoms with E-state index in [1.165, 1.54) is 0 Å². The van der Waals surface area contributed by atoms with Gasteiger partial charge in [-0.05, 0) is 19.8 Å². The Hall–Kier alpha value is -0.120. The Morgan fingerprint density at radius 1 is 1.33 bits per heavy atom. The molecule has 0 aliphatic carbocycles. The molecule has 0 spiro atoms. The van der Waals surface area contributed by atoms with Crippen LogP contribution in [0, 0.1) is 0 Å². The summed E-state index contributed by atoms with van der Waals surface area (Å²) in [5.41, 5.74) is 2.80. The molecule has 0 fully saturated rings. The van der Waals surface area contributed by atoms with Gasteiger partial charge >= 0.3 is 0 Å². The Kier molecular flexibility index (Phi) is 7.45. The molecule has 3 N–H and O–H groups in total. The van der Waals surface area contributed by atoms with Gasteiger partial charge in [-0.2, -0.15) is 0 Å². The zero-order valence-electron chi connectivity index (χ0n) is 8.47. The average molecular weight is 174 g/mol. The van der Waals surface area contributed by atoms with E-state index in [1.807, 2.05) is 6.92 Å². The third-order valence-corrected chi connectivity index (χ3v) is 2.06. The third-order valence-electron chi connectivity index (χ3n) is 2.06. The summed E-state index contributed by atoms with van der Waals surface area (Å²) in [4.78, 5) is 0. The Morgan fingerprint density at radius 3 is 2.33 bits per heavy atom. The second kappa shape index (κ2) is 7.53. The van der Waals surface area contributed by atoms with E-state index in [0.29, 0.717) is 6.04 Å². The summed E-state index contributed by atoms with van der Waals surface area (Å²) in [7, 11) is 0. The monoisotopic (exact) mass is 174 g/mol. The molecule has 0 bridgehead atoms. The first-order chi connectivity index (χ1) is 5.79. The highest BCUT2D eigenvalue weighted by Crippen LogP contribution is 2.09. The number of nitrogens with one attached hydrogen (secondary N) is 1. The van der Waals surface area contributed by atoms with Crippen LogP contribution in [0.3, 0.4) is 0 Å². The lowest BCUT2D eigenvalue weighted by Gasteiger charge is -2.24. The van der Waals surface area contributed by atoms with Gasteiger partial charge in [0.2, 0.25) is 0 Å². The Morgan fingerprint density at radius 2 is 2.00 bits per heavy atom. The van der Waals surface area contributed by atoms with Crippen molar-refractivity contribution in [3.63, 3.8) is 0 Å². The molecule has 0 aliphatic heterocycles. The molecule has 3 nitrogen and oxygen atoms in total. The number of hydrazine groups is 1. The maximum Gasteiger partial charge on any atom is 0.0741 e. The van der Waals surface area contributed by atoms with Gasteiger partial charge in [-0.25, -0.2) is 0 Å². The quantitative estimate of drug-likeness (QED) is 0.453. The molecule has 0 saturated heterocycles. The molecule has 12 heavy (non-hydrogen) atoms. The van der Waals surface area contributed by atoms with Gasteiger partial charge in [0.25, 0.3) is 0 Å². The lowest BCUT2D eigenvalue weighted by Crippen LogP contribution is -2.44. The number of hydrogen-bond acceptors (Lipinski definition) is 3. The maximum absolute atomic E-state index is 5.58. The smallest absolute Gasteiger partial charge is 0.0741 e. The van der Waals surface area contributed by atoms with E-state index in [1.54, 1.807) is 0 Å². The fraction of sp³-hybridized carbons (Fsp3) is 1.00. The van der Waals surface area contributed by atoms with Crippen LogP contribution >= 0.6 is 0 Å². The fourth-order valence-corrected chi connectivity index (χ4v) is 1.39. The van der Waals surface area contributed by atoms with Crippen LogP contribution < -0.4 is 11.3 Å². The van der Waals surface area contributed by atoms with Crippen LogP contribution in [0.4, 0.5) is 0 Å². The lowest BCUT2D eigenvalue weighted by molar-refractivity contribution is 0.0271. The molecule has 0 aliphatic rings. The fourth-order valence-electron chi connectivity index (χ4n) is 1.39. The number of ether oxygens (including phenoxy) is 1. The molecule has 74 valence electrons. The van der Waals surface area contributed by atoms with Crippen LogP contribution in [-0.4, -0.2) is 18.8 Å². The number of hydrogen-bond donors (Lipinski definition) is 2. The Balaban J connectivity index is 3.86. The van der Waals surface area contributed by atoms with Crippen LogP contribution in [0.2, 0.25) is 0 Å². The highest BCUT2D eigenvalue weighted by Gasteiger charge is 2.17. The maximum atomic E-state index is 5.58. The molecular formula is C9H22N2O. The normalized spacial score (nSPS) is 16.0. The minimum atomic E-state index is 0.273. The van der Waals surface area contributed by atoms with Crippen molar-refractivity contribution in [1.29, 1.82) is 0 Å². The summed E-state index contributed by atoms with van der Waals surface area (Å²) in [6.45, 7) is 7.07.